The number of aliphatic imine (C=N–C) groups is 1. The number of methoxy groups -OCH3 is 1. The van der Waals surface area contributed by atoms with E-state index in [1.165, 1.54) is 6.42 Å². The van der Waals surface area contributed by atoms with Crippen LogP contribution in [-0.4, -0.2) is 32.8 Å². The van der Waals surface area contributed by atoms with Gasteiger partial charge < -0.3 is 20.1 Å². The van der Waals surface area contributed by atoms with Crippen molar-refractivity contribution in [3.05, 3.63) is 23.8 Å². The third kappa shape index (κ3) is 6.24. The Bertz CT molecular complexity index is 461. The van der Waals surface area contributed by atoms with Crippen LogP contribution >= 0.6 is 0 Å². The first-order valence-electron chi connectivity index (χ1n) is 8.07. The Balaban J connectivity index is 2.71. The van der Waals surface area contributed by atoms with E-state index in [-0.39, 0.29) is 0 Å². The maximum Gasteiger partial charge on any atom is 0.191 e. The minimum atomic E-state index is 0.601. The van der Waals surface area contributed by atoms with E-state index in [9.17, 15) is 0 Å². The van der Waals surface area contributed by atoms with Gasteiger partial charge in [0.2, 0.25) is 0 Å². The molecule has 1 rings (SSSR count). The maximum atomic E-state index is 5.53. The van der Waals surface area contributed by atoms with Crippen LogP contribution in [-0.2, 0) is 6.54 Å². The third-order valence-electron chi connectivity index (χ3n) is 3.11. The summed E-state index contributed by atoms with van der Waals surface area (Å²) in [4.78, 5) is 4.60. The molecule has 0 amide bonds. The van der Waals surface area contributed by atoms with Gasteiger partial charge in [-0.2, -0.15) is 0 Å². The lowest BCUT2D eigenvalue weighted by Crippen LogP contribution is -2.37. The highest BCUT2D eigenvalue weighted by molar-refractivity contribution is 5.79. The Morgan fingerprint density at radius 2 is 1.95 bits per heavy atom. The van der Waals surface area contributed by atoms with Crippen molar-refractivity contribution in [2.75, 3.05) is 26.8 Å². The van der Waals surface area contributed by atoms with Gasteiger partial charge in [0, 0.05) is 13.1 Å². The molecule has 0 saturated carbocycles. The highest BCUT2D eigenvalue weighted by Gasteiger charge is 2.05. The van der Waals surface area contributed by atoms with Gasteiger partial charge >= 0.3 is 0 Å². The zero-order chi connectivity index (χ0) is 16.2. The number of hydrogen-bond donors (Lipinski definition) is 2. The maximum absolute atomic E-state index is 5.53. The van der Waals surface area contributed by atoms with Gasteiger partial charge in [0.05, 0.1) is 20.3 Å². The Kier molecular flexibility index (Phi) is 8.88. The number of ether oxygens (including phenoxy) is 2. The standard InChI is InChI=1S/C17H29N3O2/c1-5-8-11-19-17(18-6-2)20-13-14-9-10-15(22-7-3)16(12-14)21-4/h9-10,12H,5-8,11,13H2,1-4H3,(H2,18,19,20). The normalized spacial score (nSPS) is 11.2. The van der Waals surface area contributed by atoms with E-state index in [4.69, 9.17) is 9.47 Å². The highest BCUT2D eigenvalue weighted by atomic mass is 16.5. The zero-order valence-electron chi connectivity index (χ0n) is 14.2. The van der Waals surface area contributed by atoms with Crippen molar-refractivity contribution in [1.82, 2.24) is 10.6 Å². The van der Waals surface area contributed by atoms with Gasteiger partial charge in [0.25, 0.3) is 0 Å². The number of benzene rings is 1. The fourth-order valence-corrected chi connectivity index (χ4v) is 1.98. The molecule has 0 atom stereocenters. The van der Waals surface area contributed by atoms with Crippen LogP contribution in [0.25, 0.3) is 0 Å². The van der Waals surface area contributed by atoms with E-state index >= 15 is 0 Å². The zero-order valence-corrected chi connectivity index (χ0v) is 14.2. The summed E-state index contributed by atoms with van der Waals surface area (Å²) in [5.41, 5.74) is 1.09. The molecule has 0 spiro atoms. The number of guanidine groups is 1. The predicted molar refractivity (Wildman–Crippen MR) is 91.9 cm³/mol. The molecule has 2 N–H and O–H groups in total. The minimum Gasteiger partial charge on any atom is -0.493 e. The fraction of sp³-hybridized carbons (Fsp3) is 0.588. The second-order valence-corrected chi connectivity index (χ2v) is 4.89. The summed E-state index contributed by atoms with van der Waals surface area (Å²) < 4.78 is 10.9. The third-order valence-corrected chi connectivity index (χ3v) is 3.11. The van der Waals surface area contributed by atoms with Gasteiger partial charge in [0.1, 0.15) is 0 Å². The largest absolute Gasteiger partial charge is 0.493 e. The van der Waals surface area contributed by atoms with Crippen LogP contribution in [0.2, 0.25) is 0 Å². The summed E-state index contributed by atoms with van der Waals surface area (Å²) in [6.45, 7) is 9.22. The van der Waals surface area contributed by atoms with Crippen molar-refractivity contribution in [3.63, 3.8) is 0 Å². The number of nitrogens with one attached hydrogen (secondary N) is 2. The quantitative estimate of drug-likeness (QED) is 0.418. The van der Waals surface area contributed by atoms with Crippen molar-refractivity contribution in [1.29, 1.82) is 0 Å². The average Bonchev–Trinajstić information content (AvgIpc) is 2.54. The summed E-state index contributed by atoms with van der Waals surface area (Å²) in [5.74, 6) is 2.37. The van der Waals surface area contributed by atoms with Gasteiger partial charge in [0.15, 0.2) is 17.5 Å². The lowest BCUT2D eigenvalue weighted by molar-refractivity contribution is 0.310. The molecule has 5 nitrogen and oxygen atoms in total. The molecule has 0 radical (unpaired) electrons. The molecule has 124 valence electrons. The monoisotopic (exact) mass is 307 g/mol. The first-order valence-corrected chi connectivity index (χ1v) is 8.07. The van der Waals surface area contributed by atoms with Gasteiger partial charge in [-0.3, -0.25) is 0 Å². The molecule has 0 unspecified atom stereocenters. The first kappa shape index (κ1) is 18.1. The van der Waals surface area contributed by atoms with Crippen molar-refractivity contribution < 1.29 is 9.47 Å². The van der Waals surface area contributed by atoms with Gasteiger partial charge in [-0.15, -0.1) is 0 Å². The molecule has 0 aliphatic rings. The Morgan fingerprint density at radius 3 is 2.59 bits per heavy atom. The Labute approximate surface area is 134 Å². The van der Waals surface area contributed by atoms with E-state index in [0.717, 1.165) is 42.5 Å². The molecule has 0 heterocycles. The predicted octanol–water partition coefficient (Wildman–Crippen LogP) is 2.95. The van der Waals surface area contributed by atoms with Gasteiger partial charge in [-0.05, 0) is 38.0 Å². The van der Waals surface area contributed by atoms with Crippen LogP contribution in [0.1, 0.15) is 39.2 Å². The molecule has 0 bridgehead atoms. The van der Waals surface area contributed by atoms with Crippen LogP contribution in [0.4, 0.5) is 0 Å². The van der Waals surface area contributed by atoms with Crippen molar-refractivity contribution in [2.24, 2.45) is 4.99 Å². The molecule has 1 aromatic rings. The lowest BCUT2D eigenvalue weighted by Gasteiger charge is -2.12. The summed E-state index contributed by atoms with van der Waals surface area (Å²) >= 11 is 0. The molecule has 0 saturated heterocycles. The van der Waals surface area contributed by atoms with Gasteiger partial charge in [-0.1, -0.05) is 19.4 Å². The van der Waals surface area contributed by atoms with Crippen LogP contribution in [0.15, 0.2) is 23.2 Å². The molecule has 5 heteroatoms. The van der Waals surface area contributed by atoms with Crippen molar-refractivity contribution in [3.8, 4) is 11.5 Å². The average molecular weight is 307 g/mol. The second-order valence-electron chi connectivity index (χ2n) is 4.89. The van der Waals surface area contributed by atoms with Crippen LogP contribution in [0.3, 0.4) is 0 Å². The molecular weight excluding hydrogens is 278 g/mol. The number of rotatable bonds is 9. The lowest BCUT2D eigenvalue weighted by atomic mass is 10.2. The number of unbranched alkanes of at least 4 members (excludes halogenated alkanes) is 1. The molecular formula is C17H29N3O2. The molecule has 0 aliphatic heterocycles. The van der Waals surface area contributed by atoms with Crippen LogP contribution in [0, 0.1) is 0 Å². The molecule has 0 aromatic heterocycles. The SMILES string of the molecule is CCCCNC(=NCc1ccc(OCC)c(OC)c1)NCC. The van der Waals surface area contributed by atoms with E-state index in [2.05, 4.69) is 29.5 Å². The molecule has 1 aromatic carbocycles. The van der Waals surface area contributed by atoms with Crippen molar-refractivity contribution in [2.45, 2.75) is 40.2 Å². The molecule has 22 heavy (non-hydrogen) atoms. The molecule has 0 fully saturated rings. The minimum absolute atomic E-state index is 0.601. The van der Waals surface area contributed by atoms with E-state index < -0.39 is 0 Å². The summed E-state index contributed by atoms with van der Waals surface area (Å²) in [7, 11) is 1.65. The summed E-state index contributed by atoms with van der Waals surface area (Å²) in [6, 6.07) is 5.93. The number of hydrogen-bond acceptors (Lipinski definition) is 3. The van der Waals surface area contributed by atoms with E-state index in [1.54, 1.807) is 7.11 Å². The highest BCUT2D eigenvalue weighted by Crippen LogP contribution is 2.28. The number of nitrogens with zero attached hydrogens (tertiary/aromatic N) is 1. The van der Waals surface area contributed by atoms with Crippen LogP contribution < -0.4 is 20.1 Å². The topological polar surface area (TPSA) is 54.9 Å². The second kappa shape index (κ2) is 10.8. The Hall–Kier alpha value is -1.91. The van der Waals surface area contributed by atoms with E-state index in [0.29, 0.717) is 13.2 Å². The van der Waals surface area contributed by atoms with E-state index in [1.807, 2.05) is 25.1 Å². The summed E-state index contributed by atoms with van der Waals surface area (Å²) in [6.07, 6.45) is 2.31. The van der Waals surface area contributed by atoms with Crippen LogP contribution in [0.5, 0.6) is 11.5 Å². The first-order chi connectivity index (χ1) is 10.7. The molecule has 0 aliphatic carbocycles. The fourth-order valence-electron chi connectivity index (χ4n) is 1.98. The summed E-state index contributed by atoms with van der Waals surface area (Å²) in [5, 5.41) is 6.59. The smallest absolute Gasteiger partial charge is 0.191 e. The van der Waals surface area contributed by atoms with Crippen molar-refractivity contribution >= 4 is 5.96 Å². The Morgan fingerprint density at radius 1 is 1.14 bits per heavy atom. The van der Waals surface area contributed by atoms with Gasteiger partial charge in [-0.25, -0.2) is 4.99 Å².